The van der Waals surface area contributed by atoms with E-state index in [1.54, 1.807) is 10.7 Å². The maximum Gasteiger partial charge on any atom is 0.257 e. The second-order valence-electron chi connectivity index (χ2n) is 5.08. The van der Waals surface area contributed by atoms with E-state index in [0.29, 0.717) is 18.0 Å². The molecule has 3 rings (SSSR count). The molecule has 0 bridgehead atoms. The van der Waals surface area contributed by atoms with Gasteiger partial charge in [0.15, 0.2) is 0 Å². The Bertz CT molecular complexity index is 592. The first-order valence-corrected chi connectivity index (χ1v) is 6.71. The topological polar surface area (TPSA) is 63.6 Å². The molecule has 100 valence electrons. The summed E-state index contributed by atoms with van der Waals surface area (Å²) in [6.45, 7) is 2.23. The van der Waals surface area contributed by atoms with Gasteiger partial charge in [-0.05, 0) is 37.4 Å². The van der Waals surface area contributed by atoms with Crippen LogP contribution >= 0.6 is 0 Å². The van der Waals surface area contributed by atoms with E-state index in [4.69, 9.17) is 5.73 Å². The van der Waals surface area contributed by atoms with E-state index in [0.717, 1.165) is 31.4 Å². The van der Waals surface area contributed by atoms with E-state index in [1.807, 2.05) is 29.3 Å². The largest absolute Gasteiger partial charge is 0.338 e. The number of pyridine rings is 1. The average molecular weight is 258 g/mol. The number of amides is 1. The lowest BCUT2D eigenvalue weighted by molar-refractivity contribution is 0.0680. The fraction of sp³-hybridized carbons (Fsp3) is 0.429. The van der Waals surface area contributed by atoms with Crippen molar-refractivity contribution in [2.75, 3.05) is 19.6 Å². The molecule has 0 radical (unpaired) electrons. The molecule has 1 unspecified atom stereocenters. The van der Waals surface area contributed by atoms with Crippen LogP contribution in [0.4, 0.5) is 0 Å². The summed E-state index contributed by atoms with van der Waals surface area (Å²) in [5.41, 5.74) is 7.26. The van der Waals surface area contributed by atoms with Crippen molar-refractivity contribution in [2.45, 2.75) is 12.8 Å². The van der Waals surface area contributed by atoms with Gasteiger partial charge in [0.25, 0.3) is 5.91 Å². The number of carbonyl (C=O) groups excluding carboxylic acids is 1. The molecule has 0 saturated carbocycles. The minimum Gasteiger partial charge on any atom is -0.338 e. The van der Waals surface area contributed by atoms with Crippen LogP contribution in [0.3, 0.4) is 0 Å². The summed E-state index contributed by atoms with van der Waals surface area (Å²) in [6, 6.07) is 5.75. The van der Waals surface area contributed by atoms with Gasteiger partial charge in [-0.1, -0.05) is 6.07 Å². The molecule has 1 atom stereocenters. The number of nitrogens with two attached hydrogens (primary N) is 1. The maximum absolute atomic E-state index is 12.6. The molecular formula is C14H18N4O. The summed E-state index contributed by atoms with van der Waals surface area (Å²) in [4.78, 5) is 14.5. The fourth-order valence-electron chi connectivity index (χ4n) is 2.71. The standard InChI is InChI=1S/C14H18N4O/c15-8-11-4-3-6-17(10-11)14(19)12-9-16-18-7-2-1-5-13(12)18/h1-2,5,7,9,11H,3-4,6,8,10,15H2. The van der Waals surface area contributed by atoms with Gasteiger partial charge in [0.05, 0.1) is 17.3 Å². The second kappa shape index (κ2) is 5.01. The third kappa shape index (κ3) is 2.21. The zero-order valence-electron chi connectivity index (χ0n) is 10.8. The van der Waals surface area contributed by atoms with Crippen molar-refractivity contribution in [2.24, 2.45) is 11.7 Å². The first-order chi connectivity index (χ1) is 9.29. The van der Waals surface area contributed by atoms with Gasteiger partial charge in [-0.15, -0.1) is 0 Å². The molecule has 5 nitrogen and oxygen atoms in total. The number of hydrogen-bond donors (Lipinski definition) is 1. The van der Waals surface area contributed by atoms with E-state index in [-0.39, 0.29) is 5.91 Å². The molecule has 19 heavy (non-hydrogen) atoms. The fourth-order valence-corrected chi connectivity index (χ4v) is 2.71. The zero-order chi connectivity index (χ0) is 13.2. The number of likely N-dealkylation sites (tertiary alicyclic amines) is 1. The summed E-state index contributed by atoms with van der Waals surface area (Å²) in [5, 5.41) is 4.22. The van der Waals surface area contributed by atoms with Gasteiger partial charge < -0.3 is 10.6 Å². The van der Waals surface area contributed by atoms with E-state index >= 15 is 0 Å². The normalized spacial score (nSPS) is 19.8. The number of carbonyl (C=O) groups is 1. The van der Waals surface area contributed by atoms with Crippen LogP contribution in [0.5, 0.6) is 0 Å². The van der Waals surface area contributed by atoms with Crippen LogP contribution in [-0.4, -0.2) is 40.1 Å². The molecule has 5 heteroatoms. The Labute approximate surface area is 112 Å². The third-order valence-electron chi connectivity index (χ3n) is 3.80. The van der Waals surface area contributed by atoms with Gasteiger partial charge in [0, 0.05) is 19.3 Å². The summed E-state index contributed by atoms with van der Waals surface area (Å²) in [7, 11) is 0. The highest BCUT2D eigenvalue weighted by Crippen LogP contribution is 2.19. The van der Waals surface area contributed by atoms with Crippen LogP contribution in [-0.2, 0) is 0 Å². The molecule has 3 heterocycles. The average Bonchev–Trinajstić information content (AvgIpc) is 2.90. The number of fused-ring (bicyclic) bond motifs is 1. The minimum atomic E-state index is 0.0688. The van der Waals surface area contributed by atoms with Gasteiger partial charge in [0.1, 0.15) is 0 Å². The van der Waals surface area contributed by atoms with Crippen molar-refractivity contribution in [3.63, 3.8) is 0 Å². The number of piperidine rings is 1. The lowest BCUT2D eigenvalue weighted by Crippen LogP contribution is -2.42. The zero-order valence-corrected chi connectivity index (χ0v) is 10.8. The molecule has 1 saturated heterocycles. The lowest BCUT2D eigenvalue weighted by atomic mass is 9.98. The first-order valence-electron chi connectivity index (χ1n) is 6.71. The van der Waals surface area contributed by atoms with E-state index in [1.165, 1.54) is 0 Å². The Balaban J connectivity index is 1.87. The molecule has 1 aliphatic heterocycles. The Hall–Kier alpha value is -1.88. The maximum atomic E-state index is 12.6. The summed E-state index contributed by atoms with van der Waals surface area (Å²) in [5.74, 6) is 0.499. The molecule has 2 aromatic heterocycles. The summed E-state index contributed by atoms with van der Waals surface area (Å²) in [6.07, 6.45) is 5.66. The molecule has 1 aliphatic rings. The highest BCUT2D eigenvalue weighted by molar-refractivity contribution is 6.00. The van der Waals surface area contributed by atoms with Crippen molar-refractivity contribution in [1.82, 2.24) is 14.5 Å². The molecular weight excluding hydrogens is 240 g/mol. The van der Waals surface area contributed by atoms with E-state index < -0.39 is 0 Å². The van der Waals surface area contributed by atoms with Crippen LogP contribution in [0, 0.1) is 5.92 Å². The van der Waals surface area contributed by atoms with Crippen LogP contribution in [0.1, 0.15) is 23.2 Å². The van der Waals surface area contributed by atoms with Gasteiger partial charge >= 0.3 is 0 Å². The number of aromatic nitrogens is 2. The predicted molar refractivity (Wildman–Crippen MR) is 72.9 cm³/mol. The molecule has 2 aromatic rings. The molecule has 1 amide bonds. The van der Waals surface area contributed by atoms with Crippen molar-refractivity contribution in [3.05, 3.63) is 36.2 Å². The predicted octanol–water partition coefficient (Wildman–Crippen LogP) is 1.15. The van der Waals surface area contributed by atoms with Gasteiger partial charge in [-0.2, -0.15) is 5.10 Å². The Morgan fingerprint density at radius 1 is 1.47 bits per heavy atom. The number of rotatable bonds is 2. The van der Waals surface area contributed by atoms with Gasteiger partial charge in [0.2, 0.25) is 0 Å². The van der Waals surface area contributed by atoms with Gasteiger partial charge in [-0.25, -0.2) is 4.52 Å². The Morgan fingerprint density at radius 2 is 2.37 bits per heavy atom. The smallest absolute Gasteiger partial charge is 0.257 e. The van der Waals surface area contributed by atoms with Crippen LogP contribution in [0.2, 0.25) is 0 Å². The first kappa shape index (κ1) is 12.2. The highest BCUT2D eigenvalue weighted by Gasteiger charge is 2.25. The highest BCUT2D eigenvalue weighted by atomic mass is 16.2. The number of nitrogens with zero attached hydrogens (tertiary/aromatic N) is 3. The monoisotopic (exact) mass is 258 g/mol. The quantitative estimate of drug-likeness (QED) is 0.878. The van der Waals surface area contributed by atoms with Gasteiger partial charge in [-0.3, -0.25) is 4.79 Å². The molecule has 2 N–H and O–H groups in total. The Morgan fingerprint density at radius 3 is 3.21 bits per heavy atom. The summed E-state index contributed by atoms with van der Waals surface area (Å²) >= 11 is 0. The molecule has 0 spiro atoms. The summed E-state index contributed by atoms with van der Waals surface area (Å²) < 4.78 is 1.73. The number of hydrogen-bond acceptors (Lipinski definition) is 3. The molecule has 1 fully saturated rings. The van der Waals surface area contributed by atoms with E-state index in [2.05, 4.69) is 5.10 Å². The molecule has 0 aliphatic carbocycles. The lowest BCUT2D eigenvalue weighted by Gasteiger charge is -2.31. The van der Waals surface area contributed by atoms with Crippen molar-refractivity contribution in [3.8, 4) is 0 Å². The third-order valence-corrected chi connectivity index (χ3v) is 3.80. The molecule has 0 aromatic carbocycles. The SMILES string of the molecule is NCC1CCCN(C(=O)c2cnn3ccccc23)C1. The van der Waals surface area contributed by atoms with Crippen molar-refractivity contribution >= 4 is 11.4 Å². The van der Waals surface area contributed by atoms with Crippen molar-refractivity contribution < 1.29 is 4.79 Å². The minimum absolute atomic E-state index is 0.0688. The second-order valence-corrected chi connectivity index (χ2v) is 5.08. The van der Waals surface area contributed by atoms with Crippen molar-refractivity contribution in [1.29, 1.82) is 0 Å². The van der Waals surface area contributed by atoms with Crippen LogP contribution in [0.25, 0.3) is 5.52 Å². The van der Waals surface area contributed by atoms with Crippen LogP contribution < -0.4 is 5.73 Å². The Kier molecular flexibility index (Phi) is 3.21. The van der Waals surface area contributed by atoms with E-state index in [9.17, 15) is 4.79 Å². The van der Waals surface area contributed by atoms with Crippen LogP contribution in [0.15, 0.2) is 30.6 Å².